The van der Waals surface area contributed by atoms with Gasteiger partial charge in [0.2, 0.25) is 0 Å². The van der Waals surface area contributed by atoms with Gasteiger partial charge in [-0.05, 0) is 54.4 Å². The highest BCUT2D eigenvalue weighted by Gasteiger charge is 2.30. The first-order valence-electron chi connectivity index (χ1n) is 10.4. The van der Waals surface area contributed by atoms with Crippen LogP contribution in [0.25, 0.3) is 0 Å². The van der Waals surface area contributed by atoms with Crippen LogP contribution in [-0.2, 0) is 17.9 Å². The van der Waals surface area contributed by atoms with Crippen LogP contribution in [0.5, 0.6) is 5.75 Å². The smallest absolute Gasteiger partial charge is 0.264 e. The minimum atomic E-state index is -0.658. The molecule has 2 amide bonds. The topological polar surface area (TPSA) is 58.6 Å². The standard InChI is InChI=1S/C25H21Cl2FN2O3/c1-2-22-25(32)30(13-15-7-8-17(28)12-21(15)27)14-16-11-18(9-10-23(16)33-22)29-24(31)19-5-3-4-6-20(19)26/h3-12,22H,2,13-14H2,1H3,(H,29,31)/t22-/m0/s1. The molecule has 8 heteroatoms. The fraction of sp³-hybridized carbons (Fsp3) is 0.200. The average Bonchev–Trinajstić information content (AvgIpc) is 2.92. The summed E-state index contributed by atoms with van der Waals surface area (Å²) in [6.45, 7) is 2.32. The lowest BCUT2D eigenvalue weighted by Gasteiger charge is -2.23. The third-order valence-electron chi connectivity index (χ3n) is 5.40. The molecule has 1 N–H and O–H groups in total. The number of amides is 2. The molecule has 33 heavy (non-hydrogen) atoms. The molecular formula is C25H21Cl2FN2O3. The number of rotatable bonds is 5. The minimum absolute atomic E-state index is 0.184. The van der Waals surface area contributed by atoms with Crippen molar-refractivity contribution in [3.05, 3.63) is 93.2 Å². The predicted octanol–water partition coefficient (Wildman–Crippen LogP) is 6.08. The zero-order valence-corrected chi connectivity index (χ0v) is 19.3. The van der Waals surface area contributed by atoms with Crippen LogP contribution in [0, 0.1) is 5.82 Å². The third kappa shape index (κ3) is 5.13. The van der Waals surface area contributed by atoms with Crippen LogP contribution in [0.4, 0.5) is 10.1 Å². The molecule has 0 bridgehead atoms. The molecule has 1 aliphatic heterocycles. The second-order valence-electron chi connectivity index (χ2n) is 7.70. The Hall–Kier alpha value is -3.09. The molecule has 4 rings (SSSR count). The lowest BCUT2D eigenvalue weighted by molar-refractivity contribution is -0.139. The van der Waals surface area contributed by atoms with Crippen LogP contribution in [0.15, 0.2) is 60.7 Å². The van der Waals surface area contributed by atoms with Gasteiger partial charge in [0.05, 0.1) is 10.6 Å². The number of carbonyl (C=O) groups excluding carboxylic acids is 2. The molecule has 0 saturated heterocycles. The van der Waals surface area contributed by atoms with Gasteiger partial charge in [0.1, 0.15) is 11.6 Å². The van der Waals surface area contributed by atoms with Gasteiger partial charge in [0.15, 0.2) is 6.10 Å². The Kier molecular flexibility index (Phi) is 6.86. The molecule has 5 nitrogen and oxygen atoms in total. The van der Waals surface area contributed by atoms with Gasteiger partial charge in [0, 0.05) is 29.4 Å². The number of hydrogen-bond donors (Lipinski definition) is 1. The van der Waals surface area contributed by atoms with Crippen molar-refractivity contribution in [2.45, 2.75) is 32.5 Å². The summed E-state index contributed by atoms with van der Waals surface area (Å²) >= 11 is 12.3. The summed E-state index contributed by atoms with van der Waals surface area (Å²) < 4.78 is 19.4. The van der Waals surface area contributed by atoms with E-state index in [1.54, 1.807) is 53.4 Å². The number of fused-ring (bicyclic) bond motifs is 1. The monoisotopic (exact) mass is 486 g/mol. The molecule has 0 aliphatic carbocycles. The second kappa shape index (κ2) is 9.81. The zero-order chi connectivity index (χ0) is 23.5. The van der Waals surface area contributed by atoms with Gasteiger partial charge >= 0.3 is 0 Å². The molecule has 0 aromatic heterocycles. The van der Waals surface area contributed by atoms with E-state index < -0.39 is 11.9 Å². The van der Waals surface area contributed by atoms with Crippen LogP contribution >= 0.6 is 23.2 Å². The van der Waals surface area contributed by atoms with Gasteiger partial charge in [-0.1, -0.05) is 48.3 Å². The predicted molar refractivity (Wildman–Crippen MR) is 126 cm³/mol. The highest BCUT2D eigenvalue weighted by Crippen LogP contribution is 2.31. The first-order valence-corrected chi connectivity index (χ1v) is 11.2. The van der Waals surface area contributed by atoms with Crippen molar-refractivity contribution in [2.75, 3.05) is 5.32 Å². The highest BCUT2D eigenvalue weighted by atomic mass is 35.5. The summed E-state index contributed by atoms with van der Waals surface area (Å²) in [5.41, 5.74) is 2.27. The Balaban J connectivity index is 1.61. The number of nitrogens with zero attached hydrogens (tertiary/aromatic N) is 1. The second-order valence-corrected chi connectivity index (χ2v) is 8.52. The number of hydrogen-bond acceptors (Lipinski definition) is 3. The summed E-state index contributed by atoms with van der Waals surface area (Å²) in [6.07, 6.45) is -0.175. The SMILES string of the molecule is CC[C@@H]1Oc2ccc(NC(=O)c3ccccc3Cl)cc2CN(Cc2ccc(F)cc2Cl)C1=O. The van der Waals surface area contributed by atoms with Gasteiger partial charge in [-0.25, -0.2) is 4.39 Å². The average molecular weight is 487 g/mol. The van der Waals surface area contributed by atoms with Crippen molar-refractivity contribution in [3.63, 3.8) is 0 Å². The van der Waals surface area contributed by atoms with E-state index >= 15 is 0 Å². The maximum absolute atomic E-state index is 13.4. The molecule has 0 unspecified atom stereocenters. The fourth-order valence-electron chi connectivity index (χ4n) is 3.68. The molecule has 3 aromatic rings. The van der Waals surface area contributed by atoms with E-state index in [0.29, 0.717) is 34.0 Å². The lowest BCUT2D eigenvalue weighted by Crippen LogP contribution is -2.38. The first-order chi connectivity index (χ1) is 15.9. The maximum atomic E-state index is 13.4. The molecule has 1 atom stereocenters. The fourth-order valence-corrected chi connectivity index (χ4v) is 4.13. The van der Waals surface area contributed by atoms with Crippen LogP contribution in [0.3, 0.4) is 0 Å². The van der Waals surface area contributed by atoms with Crippen LogP contribution in [0.1, 0.15) is 34.8 Å². The van der Waals surface area contributed by atoms with Crippen LogP contribution < -0.4 is 10.1 Å². The third-order valence-corrected chi connectivity index (χ3v) is 6.08. The molecule has 170 valence electrons. The summed E-state index contributed by atoms with van der Waals surface area (Å²) in [4.78, 5) is 27.4. The van der Waals surface area contributed by atoms with Crippen molar-refractivity contribution < 1.29 is 18.7 Å². The van der Waals surface area contributed by atoms with Crippen molar-refractivity contribution in [3.8, 4) is 5.75 Å². The van der Waals surface area contributed by atoms with E-state index in [0.717, 1.165) is 5.56 Å². The van der Waals surface area contributed by atoms with E-state index in [9.17, 15) is 14.0 Å². The van der Waals surface area contributed by atoms with Crippen LogP contribution in [-0.4, -0.2) is 22.8 Å². The number of nitrogens with one attached hydrogen (secondary N) is 1. The van der Waals surface area contributed by atoms with Crippen LogP contribution in [0.2, 0.25) is 10.0 Å². The molecule has 3 aromatic carbocycles. The quantitative estimate of drug-likeness (QED) is 0.474. The molecular weight excluding hydrogens is 466 g/mol. The molecule has 0 fully saturated rings. The zero-order valence-electron chi connectivity index (χ0n) is 17.8. The molecule has 0 radical (unpaired) electrons. The normalized spacial score (nSPS) is 15.5. The minimum Gasteiger partial charge on any atom is -0.480 e. The van der Waals surface area contributed by atoms with E-state index in [2.05, 4.69) is 5.32 Å². The van der Waals surface area contributed by atoms with E-state index in [4.69, 9.17) is 27.9 Å². The Labute approximate surface area is 201 Å². The summed E-state index contributed by atoms with van der Waals surface area (Å²) in [5.74, 6) is -0.396. The van der Waals surface area contributed by atoms with E-state index in [1.807, 2.05) is 6.92 Å². The summed E-state index contributed by atoms with van der Waals surface area (Å²) in [7, 11) is 0. The Bertz CT molecular complexity index is 1220. The van der Waals surface area contributed by atoms with Gasteiger partial charge in [-0.15, -0.1) is 0 Å². The van der Waals surface area contributed by atoms with Gasteiger partial charge in [-0.2, -0.15) is 0 Å². The summed E-state index contributed by atoms with van der Waals surface area (Å²) in [5, 5.41) is 3.45. The number of ether oxygens (including phenoxy) is 1. The number of benzene rings is 3. The van der Waals surface area contributed by atoms with Gasteiger partial charge in [0.25, 0.3) is 11.8 Å². The number of anilines is 1. The number of halogens is 3. The highest BCUT2D eigenvalue weighted by molar-refractivity contribution is 6.34. The Morgan fingerprint density at radius 1 is 1.12 bits per heavy atom. The number of carbonyl (C=O) groups is 2. The van der Waals surface area contributed by atoms with Crippen molar-refractivity contribution in [1.29, 1.82) is 0 Å². The Morgan fingerprint density at radius 2 is 1.91 bits per heavy atom. The Morgan fingerprint density at radius 3 is 2.64 bits per heavy atom. The van der Waals surface area contributed by atoms with E-state index in [1.165, 1.54) is 12.1 Å². The van der Waals surface area contributed by atoms with Crippen molar-refractivity contribution in [2.24, 2.45) is 0 Å². The van der Waals surface area contributed by atoms with Gasteiger partial charge < -0.3 is 15.0 Å². The first kappa shape index (κ1) is 23.1. The molecule has 0 spiro atoms. The maximum Gasteiger partial charge on any atom is 0.264 e. The lowest BCUT2D eigenvalue weighted by atomic mass is 10.1. The van der Waals surface area contributed by atoms with Crippen molar-refractivity contribution >= 4 is 40.7 Å². The van der Waals surface area contributed by atoms with Crippen molar-refractivity contribution in [1.82, 2.24) is 4.90 Å². The molecule has 1 aliphatic rings. The van der Waals surface area contributed by atoms with Gasteiger partial charge in [-0.3, -0.25) is 9.59 Å². The largest absolute Gasteiger partial charge is 0.480 e. The molecule has 0 saturated carbocycles. The molecule has 1 heterocycles. The van der Waals surface area contributed by atoms with E-state index in [-0.39, 0.29) is 29.9 Å². The summed E-state index contributed by atoms with van der Waals surface area (Å²) in [6, 6.07) is 16.1.